The van der Waals surface area contributed by atoms with Crippen molar-refractivity contribution in [2.24, 2.45) is 5.92 Å². The maximum absolute atomic E-state index is 15.0. The number of hydrogen-bond acceptors (Lipinski definition) is 2. The van der Waals surface area contributed by atoms with Crippen LogP contribution in [0, 0.1) is 29.2 Å². The van der Waals surface area contributed by atoms with E-state index < -0.39 is 23.3 Å². The average molecular weight is 547 g/mol. The third kappa shape index (κ3) is 7.45. The van der Waals surface area contributed by atoms with Crippen molar-refractivity contribution >= 4 is 5.57 Å². The van der Waals surface area contributed by atoms with E-state index in [1.54, 1.807) is 24.3 Å². The van der Waals surface area contributed by atoms with E-state index in [-0.39, 0.29) is 17.8 Å². The molecule has 6 heteroatoms. The zero-order valence-electron chi connectivity index (χ0n) is 23.3. The van der Waals surface area contributed by atoms with Crippen molar-refractivity contribution < 1.29 is 27.0 Å². The van der Waals surface area contributed by atoms with Gasteiger partial charge in [-0.25, -0.2) is 13.2 Å². The molecule has 39 heavy (non-hydrogen) atoms. The monoisotopic (exact) mass is 546 g/mol. The van der Waals surface area contributed by atoms with Gasteiger partial charge in [-0.05, 0) is 105 Å². The number of allylic oxidation sites excluding steroid dienone is 1. The Labute approximate surface area is 230 Å². The van der Waals surface area contributed by atoms with Crippen LogP contribution in [-0.4, -0.2) is 19.3 Å². The van der Waals surface area contributed by atoms with Gasteiger partial charge in [0.05, 0.1) is 12.7 Å². The summed E-state index contributed by atoms with van der Waals surface area (Å²) in [6, 6.07) is 6.64. The molecule has 2 aromatic carbocycles. The first-order chi connectivity index (χ1) is 18.9. The predicted octanol–water partition coefficient (Wildman–Crippen LogP) is 9.69. The van der Waals surface area contributed by atoms with E-state index in [2.05, 4.69) is 6.92 Å². The standard InChI is InChI=1S/C33H42F4O2/c1-3-5-21-39-29-19-18-28(32(36)33(29)37)23-9-6-22(7-10-23)8-11-25-14-17-27(31(35)30(25)34)24-12-15-26(16-13-24)38-20-4-2/h12,14,17-19,22-23,26H,3-11,13,15-16,20-21H2,1-2H3. The fourth-order valence-electron chi connectivity index (χ4n) is 5.94. The third-order valence-electron chi connectivity index (χ3n) is 8.37. The van der Waals surface area contributed by atoms with Gasteiger partial charge in [0.1, 0.15) is 0 Å². The van der Waals surface area contributed by atoms with Gasteiger partial charge in [0.2, 0.25) is 5.82 Å². The van der Waals surface area contributed by atoms with Gasteiger partial charge < -0.3 is 9.47 Å². The van der Waals surface area contributed by atoms with Crippen molar-refractivity contribution in [3.05, 3.63) is 70.3 Å². The molecule has 0 spiro atoms. The van der Waals surface area contributed by atoms with Crippen molar-refractivity contribution in [1.82, 2.24) is 0 Å². The van der Waals surface area contributed by atoms with Crippen molar-refractivity contribution in [1.29, 1.82) is 0 Å². The van der Waals surface area contributed by atoms with Crippen LogP contribution in [0.15, 0.2) is 30.3 Å². The van der Waals surface area contributed by atoms with E-state index >= 15 is 4.39 Å². The smallest absolute Gasteiger partial charge is 0.200 e. The molecule has 2 nitrogen and oxygen atoms in total. The SMILES string of the molecule is CCCCOc1ccc(C2CCC(CCc3ccc(C4=CCC(OCCC)CC4)c(F)c3F)CC2)c(F)c1F. The van der Waals surface area contributed by atoms with Crippen LogP contribution in [0.1, 0.15) is 107 Å². The molecule has 2 aliphatic carbocycles. The first-order valence-corrected chi connectivity index (χ1v) is 14.8. The summed E-state index contributed by atoms with van der Waals surface area (Å²) in [7, 11) is 0. The van der Waals surface area contributed by atoms with Gasteiger partial charge in [0.15, 0.2) is 23.2 Å². The zero-order chi connectivity index (χ0) is 27.8. The molecule has 1 atom stereocenters. The summed E-state index contributed by atoms with van der Waals surface area (Å²) in [4.78, 5) is 0. The quantitative estimate of drug-likeness (QED) is 0.195. The molecule has 0 aromatic heterocycles. The van der Waals surface area contributed by atoms with Crippen LogP contribution < -0.4 is 4.74 Å². The van der Waals surface area contributed by atoms with Gasteiger partial charge in [-0.2, -0.15) is 4.39 Å². The maximum atomic E-state index is 15.0. The molecule has 0 bridgehead atoms. The molecule has 0 amide bonds. The molecule has 1 unspecified atom stereocenters. The lowest BCUT2D eigenvalue weighted by atomic mass is 9.76. The highest BCUT2D eigenvalue weighted by Gasteiger charge is 2.27. The normalized spacial score (nSPS) is 21.6. The Balaban J connectivity index is 1.29. The number of hydrogen-bond donors (Lipinski definition) is 0. The van der Waals surface area contributed by atoms with Crippen molar-refractivity contribution in [2.45, 2.75) is 103 Å². The Kier molecular flexibility index (Phi) is 10.9. The minimum Gasteiger partial charge on any atom is -0.490 e. The van der Waals surface area contributed by atoms with Crippen LogP contribution in [-0.2, 0) is 11.2 Å². The Morgan fingerprint density at radius 3 is 2.28 bits per heavy atom. The summed E-state index contributed by atoms with van der Waals surface area (Å²) in [6.45, 7) is 5.18. The summed E-state index contributed by atoms with van der Waals surface area (Å²) < 4.78 is 70.5. The second-order valence-electron chi connectivity index (χ2n) is 11.1. The molecule has 214 valence electrons. The number of ether oxygens (including phenoxy) is 2. The van der Waals surface area contributed by atoms with Crippen molar-refractivity contribution in [3.63, 3.8) is 0 Å². The molecule has 0 radical (unpaired) electrons. The van der Waals surface area contributed by atoms with E-state index in [4.69, 9.17) is 9.47 Å². The van der Waals surface area contributed by atoms with E-state index in [9.17, 15) is 13.2 Å². The topological polar surface area (TPSA) is 18.5 Å². The fraction of sp³-hybridized carbons (Fsp3) is 0.576. The first-order valence-electron chi connectivity index (χ1n) is 14.8. The summed E-state index contributed by atoms with van der Waals surface area (Å²) in [6.07, 6.45) is 11.5. The molecule has 0 saturated heterocycles. The molecular formula is C33H42F4O2. The average Bonchev–Trinajstić information content (AvgIpc) is 2.96. The second-order valence-corrected chi connectivity index (χ2v) is 11.1. The maximum Gasteiger partial charge on any atom is 0.200 e. The molecule has 2 aromatic rings. The molecule has 0 heterocycles. The summed E-state index contributed by atoms with van der Waals surface area (Å²) in [5, 5.41) is 0. The number of halogens is 4. The molecule has 0 aliphatic heterocycles. The Morgan fingerprint density at radius 1 is 0.795 bits per heavy atom. The second kappa shape index (κ2) is 14.3. The van der Waals surface area contributed by atoms with Crippen LogP contribution in [0.3, 0.4) is 0 Å². The van der Waals surface area contributed by atoms with E-state index in [0.29, 0.717) is 42.1 Å². The largest absolute Gasteiger partial charge is 0.490 e. The number of benzene rings is 2. The summed E-state index contributed by atoms with van der Waals surface area (Å²) >= 11 is 0. The first kappa shape index (κ1) is 29.6. The highest BCUT2D eigenvalue weighted by atomic mass is 19.2. The van der Waals surface area contributed by atoms with Gasteiger partial charge >= 0.3 is 0 Å². The lowest BCUT2D eigenvalue weighted by molar-refractivity contribution is 0.0488. The lowest BCUT2D eigenvalue weighted by Crippen LogP contribution is -2.17. The van der Waals surface area contributed by atoms with Crippen LogP contribution in [0.5, 0.6) is 5.75 Å². The van der Waals surface area contributed by atoms with E-state index in [1.165, 1.54) is 0 Å². The number of unbranched alkanes of at least 4 members (excludes halogenated alkanes) is 1. The molecular weight excluding hydrogens is 504 g/mol. The highest BCUT2D eigenvalue weighted by molar-refractivity contribution is 5.67. The minimum atomic E-state index is -0.902. The zero-order valence-corrected chi connectivity index (χ0v) is 23.3. The fourth-order valence-corrected chi connectivity index (χ4v) is 5.94. The predicted molar refractivity (Wildman–Crippen MR) is 148 cm³/mol. The number of aryl methyl sites for hydroxylation is 1. The lowest BCUT2D eigenvalue weighted by Gasteiger charge is -2.29. The molecule has 1 fully saturated rings. The van der Waals surface area contributed by atoms with Crippen molar-refractivity contribution in [3.8, 4) is 5.75 Å². The van der Waals surface area contributed by atoms with E-state index in [0.717, 1.165) is 76.4 Å². The molecule has 1 saturated carbocycles. The summed E-state index contributed by atoms with van der Waals surface area (Å²) in [5.41, 5.74) is 2.04. The molecule has 2 aliphatic rings. The van der Waals surface area contributed by atoms with Crippen LogP contribution >= 0.6 is 0 Å². The Hall–Kier alpha value is -2.34. The third-order valence-corrected chi connectivity index (χ3v) is 8.37. The van der Waals surface area contributed by atoms with E-state index in [1.807, 2.05) is 13.0 Å². The van der Waals surface area contributed by atoms with Gasteiger partial charge in [-0.1, -0.05) is 44.5 Å². The minimum absolute atomic E-state index is 0.0244. The van der Waals surface area contributed by atoms with Gasteiger partial charge in [0, 0.05) is 12.2 Å². The van der Waals surface area contributed by atoms with Crippen LogP contribution in [0.25, 0.3) is 5.57 Å². The highest BCUT2D eigenvalue weighted by Crippen LogP contribution is 2.40. The van der Waals surface area contributed by atoms with Gasteiger partial charge in [0.25, 0.3) is 0 Å². The van der Waals surface area contributed by atoms with Crippen LogP contribution in [0.2, 0.25) is 0 Å². The van der Waals surface area contributed by atoms with Crippen LogP contribution in [0.4, 0.5) is 17.6 Å². The molecule has 0 N–H and O–H groups in total. The Bertz CT molecular complexity index is 1120. The number of rotatable bonds is 12. The molecule has 4 rings (SSSR count). The van der Waals surface area contributed by atoms with Crippen molar-refractivity contribution in [2.75, 3.05) is 13.2 Å². The van der Waals surface area contributed by atoms with Gasteiger partial charge in [-0.15, -0.1) is 0 Å². The van der Waals surface area contributed by atoms with Gasteiger partial charge in [-0.3, -0.25) is 0 Å². The summed E-state index contributed by atoms with van der Waals surface area (Å²) in [5.74, 6) is -2.91. The Morgan fingerprint density at radius 2 is 1.59 bits per heavy atom.